The van der Waals surface area contributed by atoms with Crippen molar-refractivity contribution < 1.29 is 4.79 Å². The fraction of sp³-hybridized carbons (Fsp3) is 0.348. The van der Waals surface area contributed by atoms with Gasteiger partial charge in [0.2, 0.25) is 5.91 Å². The van der Waals surface area contributed by atoms with E-state index in [0.29, 0.717) is 30.8 Å². The molecule has 1 aliphatic heterocycles. The van der Waals surface area contributed by atoms with Crippen molar-refractivity contribution in [3.05, 3.63) is 78.4 Å². The number of hydrogen-bond acceptors (Lipinski definition) is 5. The number of carbonyl (C=O) groups excluding carboxylic acids is 1. The Bertz CT molecular complexity index is 1220. The van der Waals surface area contributed by atoms with Crippen molar-refractivity contribution in [3.63, 3.8) is 0 Å². The predicted molar refractivity (Wildman–Crippen MR) is 127 cm³/mol. The summed E-state index contributed by atoms with van der Waals surface area (Å²) in [6, 6.07) is 12.2. The van der Waals surface area contributed by atoms with Crippen molar-refractivity contribution in [1.82, 2.24) is 19.8 Å². The molecule has 0 aliphatic carbocycles. The molecule has 1 aromatic carbocycles. The summed E-state index contributed by atoms with van der Waals surface area (Å²) in [6.07, 6.45) is 0.572. The van der Waals surface area contributed by atoms with Gasteiger partial charge in [-0.05, 0) is 43.2 Å². The van der Waals surface area contributed by atoms with Crippen molar-refractivity contribution in [3.8, 4) is 10.4 Å². The van der Waals surface area contributed by atoms with Crippen LogP contribution in [0.3, 0.4) is 0 Å². The molecule has 9 heteroatoms. The SMILES string of the molecule is Cc1[nH]c(=O)[nH]c(=O)c1CCC(=O)N1CCN(Cc2ccc(-c3cccc(Cl)c3)s2)CC1. The third-order valence-electron chi connectivity index (χ3n) is 5.72. The molecule has 32 heavy (non-hydrogen) atoms. The first-order chi connectivity index (χ1) is 15.4. The lowest BCUT2D eigenvalue weighted by Gasteiger charge is -2.34. The summed E-state index contributed by atoms with van der Waals surface area (Å²) in [7, 11) is 0. The molecule has 168 valence electrons. The number of halogens is 1. The van der Waals surface area contributed by atoms with Crippen molar-refractivity contribution in [1.29, 1.82) is 0 Å². The average Bonchev–Trinajstić information content (AvgIpc) is 3.22. The lowest BCUT2D eigenvalue weighted by Crippen LogP contribution is -2.48. The van der Waals surface area contributed by atoms with Crippen molar-refractivity contribution in [2.45, 2.75) is 26.3 Å². The second-order valence-corrected chi connectivity index (χ2v) is 9.55. The van der Waals surface area contributed by atoms with Gasteiger partial charge >= 0.3 is 5.69 Å². The highest BCUT2D eigenvalue weighted by Crippen LogP contribution is 2.30. The number of benzene rings is 1. The van der Waals surface area contributed by atoms with Gasteiger partial charge < -0.3 is 9.88 Å². The molecular weight excluding hydrogens is 448 g/mol. The molecule has 0 spiro atoms. The first kappa shape index (κ1) is 22.5. The van der Waals surface area contributed by atoms with Crippen LogP contribution in [-0.2, 0) is 17.8 Å². The Kier molecular flexibility index (Phi) is 6.93. The van der Waals surface area contributed by atoms with E-state index in [1.807, 2.05) is 23.1 Å². The number of H-pyrrole nitrogens is 2. The van der Waals surface area contributed by atoms with Gasteiger partial charge in [-0.15, -0.1) is 11.3 Å². The summed E-state index contributed by atoms with van der Waals surface area (Å²) < 4.78 is 0. The van der Waals surface area contributed by atoms with Gasteiger partial charge in [0.1, 0.15) is 0 Å². The Labute approximate surface area is 194 Å². The molecule has 3 heterocycles. The maximum atomic E-state index is 12.6. The fourth-order valence-electron chi connectivity index (χ4n) is 3.95. The summed E-state index contributed by atoms with van der Waals surface area (Å²) >= 11 is 7.87. The molecule has 0 saturated carbocycles. The summed E-state index contributed by atoms with van der Waals surface area (Å²) in [5, 5.41) is 0.735. The van der Waals surface area contributed by atoms with Gasteiger partial charge in [0, 0.05) is 65.2 Å². The molecule has 3 aromatic rings. The quantitative estimate of drug-likeness (QED) is 0.577. The number of carbonyl (C=O) groups is 1. The topological polar surface area (TPSA) is 89.3 Å². The minimum atomic E-state index is -0.524. The summed E-state index contributed by atoms with van der Waals surface area (Å²) in [5.74, 6) is 0.0361. The van der Waals surface area contributed by atoms with E-state index in [1.165, 1.54) is 9.75 Å². The Morgan fingerprint density at radius 2 is 1.88 bits per heavy atom. The Morgan fingerprint density at radius 3 is 2.59 bits per heavy atom. The van der Waals surface area contributed by atoms with Gasteiger partial charge in [-0.25, -0.2) is 4.79 Å². The van der Waals surface area contributed by atoms with E-state index in [4.69, 9.17) is 11.6 Å². The average molecular weight is 473 g/mol. The minimum Gasteiger partial charge on any atom is -0.340 e. The second-order valence-electron chi connectivity index (χ2n) is 7.95. The summed E-state index contributed by atoms with van der Waals surface area (Å²) in [4.78, 5) is 47.4. The van der Waals surface area contributed by atoms with Crippen LogP contribution >= 0.6 is 22.9 Å². The Balaban J connectivity index is 1.28. The van der Waals surface area contributed by atoms with Crippen molar-refractivity contribution in [2.24, 2.45) is 0 Å². The molecule has 0 atom stereocenters. The molecule has 0 unspecified atom stereocenters. The number of rotatable bonds is 6. The highest BCUT2D eigenvalue weighted by atomic mass is 35.5. The van der Waals surface area contributed by atoms with Gasteiger partial charge in [-0.3, -0.25) is 19.5 Å². The van der Waals surface area contributed by atoms with Crippen LogP contribution in [0.2, 0.25) is 5.02 Å². The van der Waals surface area contributed by atoms with E-state index in [9.17, 15) is 14.4 Å². The Hall–Kier alpha value is -2.68. The molecule has 2 N–H and O–H groups in total. The normalized spacial score (nSPS) is 14.6. The van der Waals surface area contributed by atoms with Gasteiger partial charge in [-0.2, -0.15) is 0 Å². The highest BCUT2D eigenvalue weighted by molar-refractivity contribution is 7.15. The summed E-state index contributed by atoms with van der Waals surface area (Å²) in [6.45, 7) is 5.51. The molecule has 4 rings (SSSR count). The van der Waals surface area contributed by atoms with E-state index in [2.05, 4.69) is 33.1 Å². The van der Waals surface area contributed by atoms with E-state index in [-0.39, 0.29) is 12.3 Å². The number of piperazine rings is 1. The lowest BCUT2D eigenvalue weighted by atomic mass is 10.1. The molecular formula is C23H25ClN4O3S. The number of hydrogen-bond donors (Lipinski definition) is 2. The van der Waals surface area contributed by atoms with Crippen LogP contribution in [-0.4, -0.2) is 51.9 Å². The molecule has 1 amide bonds. The van der Waals surface area contributed by atoms with Crippen LogP contribution in [0, 0.1) is 6.92 Å². The highest BCUT2D eigenvalue weighted by Gasteiger charge is 2.22. The zero-order valence-corrected chi connectivity index (χ0v) is 19.4. The van der Waals surface area contributed by atoms with Crippen LogP contribution in [0.4, 0.5) is 0 Å². The lowest BCUT2D eigenvalue weighted by molar-refractivity contribution is -0.133. The summed E-state index contributed by atoms with van der Waals surface area (Å²) in [5.41, 5.74) is 1.16. The number of aryl methyl sites for hydroxylation is 1. The zero-order valence-electron chi connectivity index (χ0n) is 17.8. The van der Waals surface area contributed by atoms with Gasteiger partial charge in [0.25, 0.3) is 5.56 Å². The van der Waals surface area contributed by atoms with Gasteiger partial charge in [-0.1, -0.05) is 23.7 Å². The van der Waals surface area contributed by atoms with Crippen LogP contribution < -0.4 is 11.2 Å². The van der Waals surface area contributed by atoms with E-state index in [0.717, 1.165) is 30.2 Å². The largest absolute Gasteiger partial charge is 0.340 e. The maximum Gasteiger partial charge on any atom is 0.325 e. The van der Waals surface area contributed by atoms with Crippen LogP contribution in [0.1, 0.15) is 22.6 Å². The predicted octanol–water partition coefficient (Wildman–Crippen LogP) is 3.03. The first-order valence-electron chi connectivity index (χ1n) is 10.6. The third kappa shape index (κ3) is 5.38. The molecule has 1 saturated heterocycles. The number of thiophene rings is 1. The van der Waals surface area contributed by atoms with Gasteiger partial charge in [0.15, 0.2) is 0 Å². The molecule has 1 aliphatic rings. The number of nitrogens with zero attached hydrogens (tertiary/aromatic N) is 2. The van der Waals surface area contributed by atoms with E-state index < -0.39 is 11.2 Å². The van der Waals surface area contributed by atoms with Crippen molar-refractivity contribution in [2.75, 3.05) is 26.2 Å². The molecule has 1 fully saturated rings. The van der Waals surface area contributed by atoms with Gasteiger partial charge in [0.05, 0.1) is 0 Å². The first-order valence-corrected chi connectivity index (χ1v) is 11.8. The molecule has 2 aromatic heterocycles. The molecule has 0 bridgehead atoms. The van der Waals surface area contributed by atoms with Crippen LogP contribution in [0.25, 0.3) is 10.4 Å². The van der Waals surface area contributed by atoms with Crippen LogP contribution in [0.5, 0.6) is 0 Å². The fourth-order valence-corrected chi connectivity index (χ4v) is 5.19. The van der Waals surface area contributed by atoms with E-state index in [1.54, 1.807) is 18.3 Å². The Morgan fingerprint density at radius 1 is 1.09 bits per heavy atom. The minimum absolute atomic E-state index is 0.0361. The molecule has 7 nitrogen and oxygen atoms in total. The third-order valence-corrected chi connectivity index (χ3v) is 7.07. The van der Waals surface area contributed by atoms with Crippen LogP contribution in [0.15, 0.2) is 46.0 Å². The number of amides is 1. The standard InChI is InChI=1S/C23H25ClN4O3S/c1-15-19(22(30)26-23(31)25-15)6-8-21(29)28-11-9-27(10-12-28)14-18-5-7-20(32-18)16-3-2-4-17(24)13-16/h2-5,7,13H,6,8-12,14H2,1H3,(H2,25,26,30,31). The monoisotopic (exact) mass is 472 g/mol. The maximum absolute atomic E-state index is 12.6. The van der Waals surface area contributed by atoms with E-state index >= 15 is 0 Å². The smallest absolute Gasteiger partial charge is 0.325 e. The van der Waals surface area contributed by atoms with Crippen molar-refractivity contribution >= 4 is 28.8 Å². The second kappa shape index (κ2) is 9.85. The number of nitrogens with one attached hydrogen (secondary N) is 2. The zero-order chi connectivity index (χ0) is 22.7. The number of aromatic nitrogens is 2. The molecule has 0 radical (unpaired) electrons. The number of aromatic amines is 2.